The van der Waals surface area contributed by atoms with Crippen LogP contribution in [-0.4, -0.2) is 37.0 Å². The summed E-state index contributed by atoms with van der Waals surface area (Å²) in [6, 6.07) is 0. The summed E-state index contributed by atoms with van der Waals surface area (Å²) < 4.78 is 0. The predicted molar refractivity (Wildman–Crippen MR) is 52.1 cm³/mol. The second-order valence-electron chi connectivity index (χ2n) is 3.18. The quantitative estimate of drug-likeness (QED) is 0.630. The summed E-state index contributed by atoms with van der Waals surface area (Å²) in [7, 11) is 0. The topological polar surface area (TPSA) is 32.3 Å². The van der Waals surface area contributed by atoms with E-state index >= 15 is 0 Å². The SMILES string of the molecule is CC#CC(=O)NCCN1CCCC1. The number of amides is 1. The van der Waals surface area contributed by atoms with Crippen LogP contribution in [-0.2, 0) is 4.79 Å². The first kappa shape index (κ1) is 10.1. The molecule has 1 N–H and O–H groups in total. The Bertz CT molecular complexity index is 221. The average molecular weight is 180 g/mol. The lowest BCUT2D eigenvalue weighted by atomic mass is 10.4. The van der Waals surface area contributed by atoms with E-state index in [1.54, 1.807) is 6.92 Å². The van der Waals surface area contributed by atoms with Gasteiger partial charge < -0.3 is 10.2 Å². The first-order valence-electron chi connectivity index (χ1n) is 4.76. The molecule has 1 heterocycles. The normalized spacial score (nSPS) is 16.4. The fourth-order valence-electron chi connectivity index (χ4n) is 1.49. The van der Waals surface area contributed by atoms with Crippen LogP contribution in [0.25, 0.3) is 0 Å². The van der Waals surface area contributed by atoms with Crippen molar-refractivity contribution in [1.29, 1.82) is 0 Å². The minimum Gasteiger partial charge on any atom is -0.344 e. The van der Waals surface area contributed by atoms with Crippen molar-refractivity contribution in [3.63, 3.8) is 0 Å². The Kier molecular flexibility index (Phi) is 4.34. The van der Waals surface area contributed by atoms with Gasteiger partial charge in [0.1, 0.15) is 0 Å². The first-order chi connectivity index (χ1) is 6.33. The van der Waals surface area contributed by atoms with Crippen LogP contribution in [0.4, 0.5) is 0 Å². The van der Waals surface area contributed by atoms with Gasteiger partial charge in [0, 0.05) is 13.1 Å². The van der Waals surface area contributed by atoms with Gasteiger partial charge >= 0.3 is 0 Å². The summed E-state index contributed by atoms with van der Waals surface area (Å²) >= 11 is 0. The molecule has 0 aromatic rings. The standard InChI is InChI=1S/C10H16N2O/c1-2-5-10(13)11-6-9-12-7-3-4-8-12/h3-4,6-9H2,1H3,(H,11,13). The maximum absolute atomic E-state index is 10.9. The zero-order valence-corrected chi connectivity index (χ0v) is 8.10. The number of likely N-dealkylation sites (tertiary alicyclic amines) is 1. The van der Waals surface area contributed by atoms with Crippen molar-refractivity contribution < 1.29 is 4.79 Å². The summed E-state index contributed by atoms with van der Waals surface area (Å²) in [5.41, 5.74) is 0. The number of hydrogen-bond donors (Lipinski definition) is 1. The number of carbonyl (C=O) groups excluding carboxylic acids is 1. The smallest absolute Gasteiger partial charge is 0.295 e. The molecule has 0 aliphatic carbocycles. The Balaban J connectivity index is 2.05. The molecule has 3 nitrogen and oxygen atoms in total. The summed E-state index contributed by atoms with van der Waals surface area (Å²) in [5, 5.41) is 2.76. The summed E-state index contributed by atoms with van der Waals surface area (Å²) in [4.78, 5) is 13.3. The molecule has 0 saturated carbocycles. The summed E-state index contributed by atoms with van der Waals surface area (Å²) in [6.45, 7) is 5.69. The van der Waals surface area contributed by atoms with Crippen LogP contribution in [0.3, 0.4) is 0 Å². The van der Waals surface area contributed by atoms with Crippen molar-refractivity contribution in [2.75, 3.05) is 26.2 Å². The third kappa shape index (κ3) is 3.95. The van der Waals surface area contributed by atoms with Crippen molar-refractivity contribution in [2.24, 2.45) is 0 Å². The van der Waals surface area contributed by atoms with Gasteiger partial charge in [0.05, 0.1) is 0 Å². The number of nitrogens with one attached hydrogen (secondary N) is 1. The molecule has 0 aromatic heterocycles. The Morgan fingerprint density at radius 3 is 2.77 bits per heavy atom. The van der Waals surface area contributed by atoms with Gasteiger partial charge in [-0.1, -0.05) is 5.92 Å². The highest BCUT2D eigenvalue weighted by Gasteiger charge is 2.10. The van der Waals surface area contributed by atoms with E-state index < -0.39 is 0 Å². The molecule has 72 valence electrons. The van der Waals surface area contributed by atoms with Gasteiger partial charge in [-0.3, -0.25) is 4.79 Å². The molecule has 3 heteroatoms. The Morgan fingerprint density at radius 2 is 2.15 bits per heavy atom. The van der Waals surface area contributed by atoms with Gasteiger partial charge in [-0.2, -0.15) is 0 Å². The van der Waals surface area contributed by atoms with Gasteiger partial charge in [0.15, 0.2) is 0 Å². The lowest BCUT2D eigenvalue weighted by Crippen LogP contribution is -2.32. The van der Waals surface area contributed by atoms with Crippen LogP contribution in [0.2, 0.25) is 0 Å². The molecule has 0 aromatic carbocycles. The van der Waals surface area contributed by atoms with Gasteiger partial charge in [-0.15, -0.1) is 0 Å². The molecule has 1 fully saturated rings. The average Bonchev–Trinajstić information content (AvgIpc) is 2.57. The maximum atomic E-state index is 10.9. The predicted octanol–water partition coefficient (Wildman–Crippen LogP) is 0.222. The third-order valence-corrected chi connectivity index (χ3v) is 2.15. The van der Waals surface area contributed by atoms with Gasteiger partial charge in [0.25, 0.3) is 5.91 Å². The largest absolute Gasteiger partial charge is 0.344 e. The van der Waals surface area contributed by atoms with Crippen molar-refractivity contribution in [1.82, 2.24) is 10.2 Å². The first-order valence-corrected chi connectivity index (χ1v) is 4.76. The molecule has 1 aliphatic heterocycles. The summed E-state index contributed by atoms with van der Waals surface area (Å²) in [5.74, 6) is 4.86. The molecule has 0 radical (unpaired) electrons. The molecular formula is C10H16N2O. The second-order valence-corrected chi connectivity index (χ2v) is 3.18. The van der Waals surface area contributed by atoms with Crippen LogP contribution in [0.1, 0.15) is 19.8 Å². The van der Waals surface area contributed by atoms with E-state index in [9.17, 15) is 4.79 Å². The van der Waals surface area contributed by atoms with E-state index in [0.29, 0.717) is 6.54 Å². The number of hydrogen-bond acceptors (Lipinski definition) is 2. The number of carbonyl (C=O) groups is 1. The highest BCUT2D eigenvalue weighted by molar-refractivity contribution is 5.93. The summed E-state index contributed by atoms with van der Waals surface area (Å²) in [6.07, 6.45) is 2.59. The van der Waals surface area contributed by atoms with Crippen molar-refractivity contribution >= 4 is 5.91 Å². The number of nitrogens with zero attached hydrogens (tertiary/aromatic N) is 1. The molecule has 1 amide bonds. The Hall–Kier alpha value is -1.01. The van der Waals surface area contributed by atoms with E-state index in [1.165, 1.54) is 25.9 Å². The molecule has 1 saturated heterocycles. The van der Waals surface area contributed by atoms with E-state index in [0.717, 1.165) is 6.54 Å². The van der Waals surface area contributed by atoms with Crippen molar-refractivity contribution in [3.8, 4) is 11.8 Å². The fraction of sp³-hybridized carbons (Fsp3) is 0.700. The lowest BCUT2D eigenvalue weighted by molar-refractivity contribution is -0.115. The van der Waals surface area contributed by atoms with E-state index in [2.05, 4.69) is 22.1 Å². The zero-order valence-electron chi connectivity index (χ0n) is 8.10. The maximum Gasteiger partial charge on any atom is 0.295 e. The molecule has 0 spiro atoms. The van der Waals surface area contributed by atoms with Gasteiger partial charge in [-0.05, 0) is 38.8 Å². The Labute approximate surface area is 79.5 Å². The fourth-order valence-corrected chi connectivity index (χ4v) is 1.49. The highest BCUT2D eigenvalue weighted by atomic mass is 16.1. The van der Waals surface area contributed by atoms with E-state index in [4.69, 9.17) is 0 Å². The minimum absolute atomic E-state index is 0.165. The van der Waals surface area contributed by atoms with E-state index in [-0.39, 0.29) is 5.91 Å². The highest BCUT2D eigenvalue weighted by Crippen LogP contribution is 2.05. The molecule has 0 bridgehead atoms. The molecule has 13 heavy (non-hydrogen) atoms. The molecule has 1 rings (SSSR count). The van der Waals surface area contributed by atoms with Crippen molar-refractivity contribution in [2.45, 2.75) is 19.8 Å². The van der Waals surface area contributed by atoms with Crippen LogP contribution >= 0.6 is 0 Å². The van der Waals surface area contributed by atoms with Crippen LogP contribution in [0.5, 0.6) is 0 Å². The monoisotopic (exact) mass is 180 g/mol. The second kappa shape index (κ2) is 5.60. The molecule has 0 atom stereocenters. The van der Waals surface area contributed by atoms with E-state index in [1.807, 2.05) is 0 Å². The lowest BCUT2D eigenvalue weighted by Gasteiger charge is -2.13. The van der Waals surface area contributed by atoms with Crippen molar-refractivity contribution in [3.05, 3.63) is 0 Å². The van der Waals surface area contributed by atoms with Gasteiger partial charge in [0.2, 0.25) is 0 Å². The van der Waals surface area contributed by atoms with Crippen LogP contribution in [0.15, 0.2) is 0 Å². The molecule has 0 unspecified atom stereocenters. The third-order valence-electron chi connectivity index (χ3n) is 2.15. The number of rotatable bonds is 3. The van der Waals surface area contributed by atoms with Crippen LogP contribution in [0, 0.1) is 11.8 Å². The Morgan fingerprint density at radius 1 is 1.46 bits per heavy atom. The minimum atomic E-state index is -0.165. The molecular weight excluding hydrogens is 164 g/mol. The van der Waals surface area contributed by atoms with Gasteiger partial charge in [-0.25, -0.2) is 0 Å². The molecule has 1 aliphatic rings. The van der Waals surface area contributed by atoms with Crippen LogP contribution < -0.4 is 5.32 Å². The zero-order chi connectivity index (χ0) is 9.52.